The summed E-state index contributed by atoms with van der Waals surface area (Å²) in [6.07, 6.45) is 6.93. The van der Waals surface area contributed by atoms with Crippen LogP contribution in [0.2, 0.25) is 0 Å². The van der Waals surface area contributed by atoms with Gasteiger partial charge in [0.25, 0.3) is 11.5 Å². The molecule has 38 heavy (non-hydrogen) atoms. The Morgan fingerprint density at radius 3 is 2.39 bits per heavy atom. The van der Waals surface area contributed by atoms with Crippen LogP contribution in [-0.2, 0) is 16.6 Å². The molecule has 0 aliphatic carbocycles. The SMILES string of the molecule is C#CC(=O)Nc1ccc(Oc2c(C)cccc2C)c(-c2cc(NC(C(=O)NCC)C(C)C)c(=O)n(C)c2)c1. The smallest absolute Gasteiger partial charge is 0.300 e. The quantitative estimate of drug-likeness (QED) is 0.362. The highest BCUT2D eigenvalue weighted by atomic mass is 16.5. The lowest BCUT2D eigenvalue weighted by molar-refractivity contribution is -0.122. The number of nitrogens with one attached hydrogen (secondary N) is 3. The molecule has 1 atom stereocenters. The van der Waals surface area contributed by atoms with Gasteiger partial charge in [0.15, 0.2) is 0 Å². The number of terminal acetylenes is 1. The minimum atomic E-state index is -0.607. The van der Waals surface area contributed by atoms with E-state index in [2.05, 4.69) is 16.0 Å². The van der Waals surface area contributed by atoms with Crippen LogP contribution in [0.1, 0.15) is 31.9 Å². The van der Waals surface area contributed by atoms with Crippen molar-refractivity contribution < 1.29 is 14.3 Å². The molecule has 1 unspecified atom stereocenters. The summed E-state index contributed by atoms with van der Waals surface area (Å²) in [5, 5.41) is 8.63. The minimum Gasteiger partial charge on any atom is -0.456 e. The van der Waals surface area contributed by atoms with E-state index in [0.717, 1.165) is 11.1 Å². The lowest BCUT2D eigenvalue weighted by atomic mass is 10.0. The molecule has 3 rings (SSSR count). The Labute approximate surface area is 223 Å². The van der Waals surface area contributed by atoms with Crippen LogP contribution in [0.25, 0.3) is 11.1 Å². The van der Waals surface area contributed by atoms with Crippen LogP contribution in [0.4, 0.5) is 11.4 Å². The molecule has 0 fully saturated rings. The van der Waals surface area contributed by atoms with Crippen molar-refractivity contribution in [3.63, 3.8) is 0 Å². The molecule has 8 heteroatoms. The third-order valence-electron chi connectivity index (χ3n) is 6.09. The average Bonchev–Trinajstić information content (AvgIpc) is 2.87. The van der Waals surface area contributed by atoms with Crippen LogP contribution >= 0.6 is 0 Å². The van der Waals surface area contributed by atoms with Gasteiger partial charge in [-0.05, 0) is 68.0 Å². The summed E-state index contributed by atoms with van der Waals surface area (Å²) in [5.74, 6) is 2.45. The fraction of sp³-hybridized carbons (Fsp3) is 0.300. The van der Waals surface area contributed by atoms with Crippen molar-refractivity contribution in [2.75, 3.05) is 17.2 Å². The van der Waals surface area contributed by atoms with Crippen molar-refractivity contribution in [1.29, 1.82) is 0 Å². The number of hydrogen-bond donors (Lipinski definition) is 3. The molecule has 0 aliphatic heterocycles. The summed E-state index contributed by atoms with van der Waals surface area (Å²) >= 11 is 0. The standard InChI is InChI=1S/C30H34N4O4/c1-8-26(35)32-22-13-14-25(38-28-19(5)11-10-12-20(28)6)23(16-22)21-15-24(30(37)34(7)17-21)33-27(18(3)4)29(36)31-9-2/h1,10-18,27,33H,9H2,2-7H3,(H,31,36)(H,32,35). The number of aryl methyl sites for hydroxylation is 3. The molecule has 3 N–H and O–H groups in total. The second-order valence-corrected chi connectivity index (χ2v) is 9.45. The molecule has 198 valence electrons. The number of pyridine rings is 1. The van der Waals surface area contributed by atoms with E-state index in [1.54, 1.807) is 37.5 Å². The summed E-state index contributed by atoms with van der Waals surface area (Å²) in [6, 6.07) is 12.2. The van der Waals surface area contributed by atoms with Crippen molar-refractivity contribution in [3.05, 3.63) is 70.1 Å². The van der Waals surface area contributed by atoms with E-state index < -0.39 is 11.9 Å². The molecule has 1 heterocycles. The molecule has 2 amide bonds. The zero-order chi connectivity index (χ0) is 28.0. The summed E-state index contributed by atoms with van der Waals surface area (Å²) < 4.78 is 7.83. The number of nitrogens with zero attached hydrogens (tertiary/aromatic N) is 1. The van der Waals surface area contributed by atoms with Crippen LogP contribution in [0.3, 0.4) is 0 Å². The predicted molar refractivity (Wildman–Crippen MR) is 152 cm³/mol. The number of para-hydroxylation sites is 1. The summed E-state index contributed by atoms with van der Waals surface area (Å²) in [7, 11) is 1.64. The van der Waals surface area contributed by atoms with Crippen LogP contribution in [-0.4, -0.2) is 29.0 Å². The Balaban J connectivity index is 2.16. The number of ether oxygens (including phenoxy) is 1. The number of carbonyl (C=O) groups excluding carboxylic acids is 2. The monoisotopic (exact) mass is 514 g/mol. The second-order valence-electron chi connectivity index (χ2n) is 9.45. The van der Waals surface area contributed by atoms with Crippen LogP contribution in [0.15, 0.2) is 53.5 Å². The van der Waals surface area contributed by atoms with Crippen LogP contribution in [0, 0.1) is 32.1 Å². The van der Waals surface area contributed by atoms with Crippen molar-refractivity contribution >= 4 is 23.2 Å². The molecule has 0 aliphatic rings. The maximum atomic E-state index is 13.1. The summed E-state index contributed by atoms with van der Waals surface area (Å²) in [6.45, 7) is 10.1. The number of rotatable bonds is 9. The normalized spacial score (nSPS) is 11.4. The maximum absolute atomic E-state index is 13.1. The number of anilines is 2. The van der Waals surface area contributed by atoms with Crippen LogP contribution in [0.5, 0.6) is 11.5 Å². The lowest BCUT2D eigenvalue weighted by Gasteiger charge is -2.23. The maximum Gasteiger partial charge on any atom is 0.300 e. The Morgan fingerprint density at radius 1 is 1.11 bits per heavy atom. The van der Waals surface area contributed by atoms with Gasteiger partial charge in [0.2, 0.25) is 5.91 Å². The molecular weight excluding hydrogens is 480 g/mol. The van der Waals surface area contributed by atoms with Gasteiger partial charge in [0, 0.05) is 36.6 Å². The first-order valence-corrected chi connectivity index (χ1v) is 12.5. The highest BCUT2D eigenvalue weighted by Gasteiger charge is 2.23. The van der Waals surface area contributed by atoms with Crippen molar-refractivity contribution in [1.82, 2.24) is 9.88 Å². The number of amides is 2. The molecule has 0 bridgehead atoms. The fourth-order valence-corrected chi connectivity index (χ4v) is 4.11. The molecular formula is C30H34N4O4. The zero-order valence-corrected chi connectivity index (χ0v) is 22.6. The van der Waals surface area contributed by atoms with Gasteiger partial charge in [0.05, 0.1) is 0 Å². The van der Waals surface area contributed by atoms with Gasteiger partial charge in [-0.3, -0.25) is 14.4 Å². The number of hydrogen-bond acceptors (Lipinski definition) is 5. The molecule has 2 aromatic carbocycles. The van der Waals surface area contributed by atoms with E-state index >= 15 is 0 Å². The molecule has 0 spiro atoms. The number of aromatic nitrogens is 1. The van der Waals surface area contributed by atoms with Gasteiger partial charge in [0.1, 0.15) is 23.2 Å². The highest BCUT2D eigenvalue weighted by Crippen LogP contribution is 2.38. The Morgan fingerprint density at radius 2 is 1.79 bits per heavy atom. The zero-order valence-electron chi connectivity index (χ0n) is 22.6. The van der Waals surface area contributed by atoms with E-state index in [4.69, 9.17) is 11.2 Å². The topological polar surface area (TPSA) is 101 Å². The number of likely N-dealkylation sites (N-methyl/N-ethyl adjacent to an activating group) is 1. The van der Waals surface area contributed by atoms with E-state index in [1.165, 1.54) is 4.57 Å². The molecule has 8 nitrogen and oxygen atoms in total. The van der Waals surface area contributed by atoms with Crippen LogP contribution < -0.4 is 26.2 Å². The van der Waals surface area contributed by atoms with Gasteiger partial charge in [-0.15, -0.1) is 6.42 Å². The Kier molecular flexibility index (Phi) is 8.98. The van der Waals surface area contributed by atoms with E-state index in [9.17, 15) is 14.4 Å². The van der Waals surface area contributed by atoms with E-state index in [0.29, 0.717) is 34.9 Å². The average molecular weight is 515 g/mol. The molecule has 0 saturated heterocycles. The third-order valence-corrected chi connectivity index (χ3v) is 6.09. The van der Waals surface area contributed by atoms with Gasteiger partial charge in [-0.2, -0.15) is 0 Å². The summed E-state index contributed by atoms with van der Waals surface area (Å²) in [4.78, 5) is 37.6. The van der Waals surface area contributed by atoms with Crippen molar-refractivity contribution in [3.8, 4) is 35.0 Å². The molecule has 0 radical (unpaired) electrons. The second kappa shape index (κ2) is 12.2. The van der Waals surface area contributed by atoms with Gasteiger partial charge in [-0.1, -0.05) is 32.0 Å². The van der Waals surface area contributed by atoms with Crippen molar-refractivity contribution in [2.24, 2.45) is 13.0 Å². The first-order valence-electron chi connectivity index (χ1n) is 12.5. The lowest BCUT2D eigenvalue weighted by Crippen LogP contribution is -2.44. The Hall–Kier alpha value is -4.51. The third kappa shape index (κ3) is 6.43. The van der Waals surface area contributed by atoms with Gasteiger partial charge >= 0.3 is 0 Å². The highest BCUT2D eigenvalue weighted by molar-refractivity contribution is 6.04. The first kappa shape index (κ1) is 28.1. The number of carbonyl (C=O) groups is 2. The first-order chi connectivity index (χ1) is 18.0. The van der Waals surface area contributed by atoms with Gasteiger partial charge < -0.3 is 25.3 Å². The molecule has 3 aromatic rings. The van der Waals surface area contributed by atoms with E-state index in [-0.39, 0.29) is 23.1 Å². The minimum absolute atomic E-state index is 0.0693. The van der Waals surface area contributed by atoms with E-state index in [1.807, 2.05) is 58.7 Å². The van der Waals surface area contributed by atoms with Gasteiger partial charge in [-0.25, -0.2) is 0 Å². The largest absolute Gasteiger partial charge is 0.456 e. The number of benzene rings is 2. The molecule has 0 saturated carbocycles. The van der Waals surface area contributed by atoms with Crippen molar-refractivity contribution in [2.45, 2.75) is 40.7 Å². The Bertz CT molecular complexity index is 1430. The summed E-state index contributed by atoms with van der Waals surface area (Å²) in [5.41, 5.74) is 3.66. The molecule has 1 aromatic heterocycles. The predicted octanol–water partition coefficient (Wildman–Crippen LogP) is 4.61. The fourth-order valence-electron chi connectivity index (χ4n) is 4.11.